The Kier molecular flexibility index (Phi) is 3.39. The summed E-state index contributed by atoms with van der Waals surface area (Å²) in [7, 11) is 0. The summed E-state index contributed by atoms with van der Waals surface area (Å²) in [5.41, 5.74) is 4.65. The summed E-state index contributed by atoms with van der Waals surface area (Å²) in [5, 5.41) is 0. The Balaban J connectivity index is 2.01. The molecule has 2 aromatic carbocycles. The maximum atomic E-state index is 14.2. The fraction of sp³-hybridized carbons (Fsp3) is 0.222. The third-order valence-electron chi connectivity index (χ3n) is 3.89. The van der Waals surface area contributed by atoms with E-state index in [0.29, 0.717) is 5.56 Å². The van der Waals surface area contributed by atoms with Crippen LogP contribution in [0.15, 0.2) is 36.4 Å². The van der Waals surface area contributed by atoms with Gasteiger partial charge in [0.25, 0.3) is 0 Å². The summed E-state index contributed by atoms with van der Waals surface area (Å²) in [6, 6.07) is 10.2. The minimum absolute atomic E-state index is 0.166. The quantitative estimate of drug-likeness (QED) is 0.719. The summed E-state index contributed by atoms with van der Waals surface area (Å²) in [6.45, 7) is 2.01. The Labute approximate surface area is 117 Å². The molecule has 0 fully saturated rings. The van der Waals surface area contributed by atoms with E-state index in [0.717, 1.165) is 41.5 Å². The van der Waals surface area contributed by atoms with Crippen molar-refractivity contribution in [1.29, 1.82) is 0 Å². The fourth-order valence-corrected chi connectivity index (χ4v) is 2.71. The van der Waals surface area contributed by atoms with Gasteiger partial charge in [0.15, 0.2) is 0 Å². The van der Waals surface area contributed by atoms with Crippen LogP contribution >= 0.6 is 0 Å². The zero-order valence-corrected chi connectivity index (χ0v) is 11.4. The molecule has 0 spiro atoms. The Bertz CT molecular complexity index is 684. The van der Waals surface area contributed by atoms with Gasteiger partial charge >= 0.3 is 0 Å². The van der Waals surface area contributed by atoms with Gasteiger partial charge in [-0.15, -0.1) is 0 Å². The van der Waals surface area contributed by atoms with Gasteiger partial charge in [-0.1, -0.05) is 31.2 Å². The number of aryl methyl sites for hydroxylation is 2. The molecule has 0 radical (unpaired) electrons. The smallest absolute Gasteiger partial charge is 0.130 e. The molecule has 1 aliphatic rings. The van der Waals surface area contributed by atoms with E-state index in [9.17, 15) is 8.78 Å². The van der Waals surface area contributed by atoms with E-state index in [4.69, 9.17) is 0 Å². The Morgan fingerprint density at radius 2 is 1.85 bits per heavy atom. The van der Waals surface area contributed by atoms with Gasteiger partial charge in [-0.2, -0.15) is 0 Å². The molecule has 0 atom stereocenters. The number of fused-ring (bicyclic) bond motifs is 1. The third kappa shape index (κ3) is 2.38. The Morgan fingerprint density at radius 3 is 2.60 bits per heavy atom. The molecule has 3 rings (SSSR count). The molecule has 0 amide bonds. The molecule has 0 saturated carbocycles. The van der Waals surface area contributed by atoms with Crippen LogP contribution in [0.3, 0.4) is 0 Å². The molecule has 0 aromatic heterocycles. The predicted octanol–water partition coefficient (Wildman–Crippen LogP) is 5.01. The summed E-state index contributed by atoms with van der Waals surface area (Å²) >= 11 is 0. The first-order chi connectivity index (χ1) is 9.67. The lowest BCUT2D eigenvalue weighted by molar-refractivity contribution is 0.619. The van der Waals surface area contributed by atoms with Gasteiger partial charge in [0, 0.05) is 5.56 Å². The number of hydrogen-bond acceptors (Lipinski definition) is 0. The van der Waals surface area contributed by atoms with Gasteiger partial charge < -0.3 is 0 Å². The highest BCUT2D eigenvalue weighted by Gasteiger charge is 2.15. The van der Waals surface area contributed by atoms with E-state index < -0.39 is 0 Å². The number of benzene rings is 2. The molecule has 2 aromatic rings. The van der Waals surface area contributed by atoms with E-state index in [1.54, 1.807) is 18.2 Å². The van der Waals surface area contributed by atoms with Crippen LogP contribution in [0.1, 0.15) is 35.6 Å². The van der Waals surface area contributed by atoms with Gasteiger partial charge in [0.05, 0.1) is 0 Å². The van der Waals surface area contributed by atoms with Crippen LogP contribution in [-0.2, 0) is 12.8 Å². The molecule has 20 heavy (non-hydrogen) atoms. The third-order valence-corrected chi connectivity index (χ3v) is 3.89. The highest BCUT2D eigenvalue weighted by atomic mass is 19.1. The minimum atomic E-state index is -0.209. The molecule has 0 aliphatic heterocycles. The molecule has 0 bridgehead atoms. The van der Waals surface area contributed by atoms with Crippen LogP contribution in [-0.4, -0.2) is 0 Å². The first-order valence-electron chi connectivity index (χ1n) is 6.95. The van der Waals surface area contributed by atoms with Crippen LogP contribution < -0.4 is 0 Å². The SMILES string of the molecule is CCc1ccc(C2=Cc3ccc(F)cc3CC2)c(F)c1. The number of rotatable bonds is 2. The molecule has 0 heterocycles. The van der Waals surface area contributed by atoms with Gasteiger partial charge in [0.2, 0.25) is 0 Å². The molecular formula is C18H16F2. The molecule has 0 nitrogen and oxygen atoms in total. The first kappa shape index (κ1) is 13.0. The van der Waals surface area contributed by atoms with Crippen molar-refractivity contribution in [3.05, 3.63) is 70.3 Å². The van der Waals surface area contributed by atoms with Crippen LogP contribution in [0.4, 0.5) is 8.78 Å². The Hall–Kier alpha value is -1.96. The molecule has 0 unspecified atom stereocenters. The molecule has 2 heteroatoms. The van der Waals surface area contributed by atoms with Gasteiger partial charge in [-0.3, -0.25) is 0 Å². The number of halogens is 2. The maximum absolute atomic E-state index is 14.2. The predicted molar refractivity (Wildman–Crippen MR) is 78.4 cm³/mol. The van der Waals surface area contributed by atoms with E-state index >= 15 is 0 Å². The van der Waals surface area contributed by atoms with Crippen molar-refractivity contribution < 1.29 is 8.78 Å². The van der Waals surface area contributed by atoms with E-state index in [1.807, 2.05) is 25.1 Å². The Morgan fingerprint density at radius 1 is 1.00 bits per heavy atom. The normalized spacial score (nSPS) is 13.8. The number of hydrogen-bond donors (Lipinski definition) is 0. The monoisotopic (exact) mass is 270 g/mol. The molecule has 0 saturated heterocycles. The van der Waals surface area contributed by atoms with Crippen molar-refractivity contribution in [1.82, 2.24) is 0 Å². The zero-order chi connectivity index (χ0) is 14.1. The second-order valence-electron chi connectivity index (χ2n) is 5.18. The molecule has 102 valence electrons. The average Bonchev–Trinajstić information content (AvgIpc) is 2.46. The standard InChI is InChI=1S/C18H16F2/c1-2-12-3-8-17(18(20)9-12)15-5-4-14-11-16(19)7-6-13(14)10-15/h3,6-11H,2,4-5H2,1H3. The van der Waals surface area contributed by atoms with Gasteiger partial charge in [-0.05, 0) is 59.7 Å². The van der Waals surface area contributed by atoms with Crippen molar-refractivity contribution >= 4 is 11.6 Å². The topological polar surface area (TPSA) is 0 Å². The van der Waals surface area contributed by atoms with E-state index in [1.165, 1.54) is 6.07 Å². The lowest BCUT2D eigenvalue weighted by Gasteiger charge is -2.17. The van der Waals surface area contributed by atoms with Crippen LogP contribution in [0.2, 0.25) is 0 Å². The summed E-state index contributed by atoms with van der Waals surface area (Å²) in [5.74, 6) is -0.375. The van der Waals surface area contributed by atoms with Crippen molar-refractivity contribution in [3.8, 4) is 0 Å². The second-order valence-corrected chi connectivity index (χ2v) is 5.18. The second kappa shape index (κ2) is 5.20. The van der Waals surface area contributed by atoms with E-state index in [-0.39, 0.29) is 11.6 Å². The lowest BCUT2D eigenvalue weighted by atomic mass is 9.88. The van der Waals surface area contributed by atoms with Crippen molar-refractivity contribution in [2.45, 2.75) is 26.2 Å². The van der Waals surface area contributed by atoms with Crippen molar-refractivity contribution in [2.75, 3.05) is 0 Å². The minimum Gasteiger partial charge on any atom is -0.207 e. The molecule has 1 aliphatic carbocycles. The number of allylic oxidation sites excluding steroid dienone is 1. The van der Waals surface area contributed by atoms with Crippen LogP contribution in [0.25, 0.3) is 11.6 Å². The van der Waals surface area contributed by atoms with E-state index in [2.05, 4.69) is 0 Å². The summed E-state index contributed by atoms with van der Waals surface area (Å²) in [4.78, 5) is 0. The summed E-state index contributed by atoms with van der Waals surface area (Å²) in [6.07, 6.45) is 4.31. The summed E-state index contributed by atoms with van der Waals surface area (Å²) < 4.78 is 27.3. The van der Waals surface area contributed by atoms with Gasteiger partial charge in [-0.25, -0.2) is 8.78 Å². The van der Waals surface area contributed by atoms with Gasteiger partial charge in [0.1, 0.15) is 11.6 Å². The highest BCUT2D eigenvalue weighted by molar-refractivity contribution is 5.84. The van der Waals surface area contributed by atoms with Crippen molar-refractivity contribution in [3.63, 3.8) is 0 Å². The fourth-order valence-electron chi connectivity index (χ4n) is 2.71. The van der Waals surface area contributed by atoms with Crippen LogP contribution in [0, 0.1) is 11.6 Å². The maximum Gasteiger partial charge on any atom is 0.130 e. The molecular weight excluding hydrogens is 254 g/mol. The largest absolute Gasteiger partial charge is 0.207 e. The first-order valence-corrected chi connectivity index (χ1v) is 6.95. The van der Waals surface area contributed by atoms with Crippen molar-refractivity contribution in [2.24, 2.45) is 0 Å². The van der Waals surface area contributed by atoms with Crippen LogP contribution in [0.5, 0.6) is 0 Å². The zero-order valence-electron chi connectivity index (χ0n) is 11.4. The average molecular weight is 270 g/mol. The lowest BCUT2D eigenvalue weighted by Crippen LogP contribution is -2.01. The highest BCUT2D eigenvalue weighted by Crippen LogP contribution is 2.32. The molecule has 0 N–H and O–H groups in total.